The van der Waals surface area contributed by atoms with Gasteiger partial charge in [-0.2, -0.15) is 0 Å². The molecule has 0 unspecified atom stereocenters. The van der Waals surface area contributed by atoms with Crippen molar-refractivity contribution in [2.24, 2.45) is 5.73 Å². The van der Waals surface area contributed by atoms with Crippen molar-refractivity contribution in [2.45, 2.75) is 11.3 Å². The van der Waals surface area contributed by atoms with E-state index >= 15 is 0 Å². The molecule has 0 atom stereocenters. The van der Waals surface area contributed by atoms with Crippen molar-refractivity contribution in [3.63, 3.8) is 0 Å². The Labute approximate surface area is 94.0 Å². The van der Waals surface area contributed by atoms with Crippen molar-refractivity contribution in [2.75, 3.05) is 12.3 Å². The molecule has 0 radical (unpaired) electrons. The zero-order valence-corrected chi connectivity index (χ0v) is 9.53. The van der Waals surface area contributed by atoms with Crippen LogP contribution in [0.2, 0.25) is 0 Å². The summed E-state index contributed by atoms with van der Waals surface area (Å²) in [5.41, 5.74) is 5.91. The van der Waals surface area contributed by atoms with E-state index in [0.717, 1.165) is 0 Å². The van der Waals surface area contributed by atoms with Gasteiger partial charge in [0.1, 0.15) is 16.7 Å². The van der Waals surface area contributed by atoms with Crippen molar-refractivity contribution in [1.29, 1.82) is 0 Å². The average Bonchev–Trinajstić information content (AvgIpc) is 2.71. The van der Waals surface area contributed by atoms with Crippen molar-refractivity contribution in [3.8, 4) is 0 Å². The Morgan fingerprint density at radius 3 is 2.75 bits per heavy atom. The smallest absolute Gasteiger partial charge is 0.182 e. The lowest BCUT2D eigenvalue weighted by Crippen LogP contribution is -2.11. The minimum absolute atomic E-state index is 0.0625. The predicted molar refractivity (Wildman–Crippen MR) is 61.9 cm³/mol. The largest absolute Gasteiger partial charge is 0.463 e. The summed E-state index contributed by atoms with van der Waals surface area (Å²) in [6, 6.07) is 7.09. The Bertz CT molecular complexity index is 586. The van der Waals surface area contributed by atoms with Crippen molar-refractivity contribution in [1.82, 2.24) is 0 Å². The number of hydrogen-bond acceptors (Lipinski definition) is 4. The van der Waals surface area contributed by atoms with E-state index in [0.29, 0.717) is 23.9 Å². The summed E-state index contributed by atoms with van der Waals surface area (Å²) < 4.78 is 29.1. The molecule has 1 heterocycles. The summed E-state index contributed by atoms with van der Waals surface area (Å²) in [7, 11) is -3.28. The van der Waals surface area contributed by atoms with Crippen molar-refractivity contribution < 1.29 is 12.8 Å². The number of benzene rings is 1. The fraction of sp³-hybridized carbons (Fsp3) is 0.273. The van der Waals surface area contributed by atoms with Gasteiger partial charge in [0.25, 0.3) is 0 Å². The SMILES string of the molecule is NCCCS(=O)(=O)c1coc2ccccc12. The number of nitrogens with two attached hydrogens (primary N) is 1. The third-order valence-corrected chi connectivity index (χ3v) is 4.21. The second-order valence-electron chi connectivity index (χ2n) is 3.56. The van der Waals surface area contributed by atoms with E-state index in [1.54, 1.807) is 18.2 Å². The molecule has 0 bridgehead atoms. The van der Waals surface area contributed by atoms with Gasteiger partial charge < -0.3 is 10.2 Å². The Hall–Kier alpha value is -1.33. The van der Waals surface area contributed by atoms with Crippen LogP contribution in [0.15, 0.2) is 39.8 Å². The zero-order valence-electron chi connectivity index (χ0n) is 8.72. The quantitative estimate of drug-likeness (QED) is 0.878. The first-order valence-electron chi connectivity index (χ1n) is 5.04. The number of hydrogen-bond donors (Lipinski definition) is 1. The van der Waals surface area contributed by atoms with Gasteiger partial charge in [-0.05, 0) is 25.1 Å². The molecule has 0 aliphatic rings. The number of rotatable bonds is 4. The van der Waals surface area contributed by atoms with Crippen LogP contribution in [-0.4, -0.2) is 20.7 Å². The van der Waals surface area contributed by atoms with Gasteiger partial charge >= 0.3 is 0 Å². The highest BCUT2D eigenvalue weighted by Gasteiger charge is 2.19. The molecule has 1 aromatic heterocycles. The highest BCUT2D eigenvalue weighted by molar-refractivity contribution is 7.91. The molecule has 2 N–H and O–H groups in total. The highest BCUT2D eigenvalue weighted by Crippen LogP contribution is 2.25. The van der Waals surface area contributed by atoms with Crippen LogP contribution >= 0.6 is 0 Å². The van der Waals surface area contributed by atoms with E-state index < -0.39 is 9.84 Å². The summed E-state index contributed by atoms with van der Waals surface area (Å²) in [5, 5.41) is 0.638. The maximum Gasteiger partial charge on any atom is 0.182 e. The fourth-order valence-electron chi connectivity index (χ4n) is 1.58. The van der Waals surface area contributed by atoms with Gasteiger partial charge in [-0.15, -0.1) is 0 Å². The predicted octanol–water partition coefficient (Wildman–Crippen LogP) is 1.56. The Morgan fingerprint density at radius 1 is 1.25 bits per heavy atom. The van der Waals surface area contributed by atoms with Gasteiger partial charge in [-0.3, -0.25) is 0 Å². The number of sulfone groups is 1. The lowest BCUT2D eigenvalue weighted by molar-refractivity contribution is 0.582. The van der Waals surface area contributed by atoms with Crippen molar-refractivity contribution in [3.05, 3.63) is 30.5 Å². The van der Waals surface area contributed by atoms with Crippen LogP contribution in [-0.2, 0) is 9.84 Å². The lowest BCUT2D eigenvalue weighted by atomic mass is 10.3. The van der Waals surface area contributed by atoms with Crippen LogP contribution in [0.4, 0.5) is 0 Å². The third kappa shape index (κ3) is 1.96. The molecule has 5 heteroatoms. The standard InChI is InChI=1S/C11H13NO3S/c12-6-3-7-16(13,14)11-8-15-10-5-2-1-4-9(10)11/h1-2,4-5,8H,3,6-7,12H2. The van der Waals surface area contributed by atoms with Gasteiger partial charge in [0, 0.05) is 5.39 Å². The van der Waals surface area contributed by atoms with E-state index in [1.165, 1.54) is 6.26 Å². The molecule has 16 heavy (non-hydrogen) atoms. The maximum atomic E-state index is 12.0. The zero-order chi connectivity index (χ0) is 11.6. The molecular weight excluding hydrogens is 226 g/mol. The number of para-hydroxylation sites is 1. The molecule has 1 aromatic carbocycles. The van der Waals surface area contributed by atoms with Crippen LogP contribution in [0, 0.1) is 0 Å². The van der Waals surface area contributed by atoms with Crippen LogP contribution in [0.3, 0.4) is 0 Å². The molecule has 0 saturated heterocycles. The van der Waals surface area contributed by atoms with Crippen LogP contribution in [0.1, 0.15) is 6.42 Å². The minimum Gasteiger partial charge on any atom is -0.463 e. The lowest BCUT2D eigenvalue weighted by Gasteiger charge is -2.00. The van der Waals surface area contributed by atoms with E-state index in [4.69, 9.17) is 10.2 Å². The Balaban J connectivity index is 2.47. The molecular formula is C11H13NO3S. The summed E-state index contributed by atoms with van der Waals surface area (Å²) >= 11 is 0. The topological polar surface area (TPSA) is 73.3 Å². The maximum absolute atomic E-state index is 12.0. The summed E-state index contributed by atoms with van der Waals surface area (Å²) in [6.45, 7) is 0.370. The van der Waals surface area contributed by atoms with Crippen LogP contribution in [0.25, 0.3) is 11.0 Å². The van der Waals surface area contributed by atoms with Crippen LogP contribution < -0.4 is 5.73 Å². The molecule has 0 saturated carbocycles. The van der Waals surface area contributed by atoms with Gasteiger partial charge in [-0.1, -0.05) is 12.1 Å². The van der Waals surface area contributed by atoms with Gasteiger partial charge in [0.15, 0.2) is 9.84 Å². The van der Waals surface area contributed by atoms with E-state index in [2.05, 4.69) is 0 Å². The molecule has 0 aliphatic carbocycles. The third-order valence-electron chi connectivity index (χ3n) is 2.40. The second-order valence-corrected chi connectivity index (χ2v) is 5.63. The molecule has 2 aromatic rings. The summed E-state index contributed by atoms with van der Waals surface area (Å²) in [5.74, 6) is 0.0625. The first kappa shape index (κ1) is 11.2. The second kappa shape index (κ2) is 4.27. The van der Waals surface area contributed by atoms with Gasteiger partial charge in [0.05, 0.1) is 5.75 Å². The normalized spacial score (nSPS) is 12.1. The van der Waals surface area contributed by atoms with E-state index in [1.807, 2.05) is 6.07 Å². The Kier molecular flexibility index (Phi) is 2.98. The highest BCUT2D eigenvalue weighted by atomic mass is 32.2. The number of furan rings is 1. The number of fused-ring (bicyclic) bond motifs is 1. The molecule has 86 valence electrons. The molecule has 0 amide bonds. The fourth-order valence-corrected chi connectivity index (χ4v) is 3.04. The summed E-state index contributed by atoms with van der Waals surface area (Å²) in [6.07, 6.45) is 1.76. The summed E-state index contributed by atoms with van der Waals surface area (Å²) in [4.78, 5) is 0.261. The molecule has 0 aliphatic heterocycles. The first-order valence-corrected chi connectivity index (χ1v) is 6.69. The first-order chi connectivity index (χ1) is 7.65. The van der Waals surface area contributed by atoms with Gasteiger partial charge in [0.2, 0.25) is 0 Å². The molecule has 2 rings (SSSR count). The van der Waals surface area contributed by atoms with Crippen LogP contribution in [0.5, 0.6) is 0 Å². The monoisotopic (exact) mass is 239 g/mol. The van der Waals surface area contributed by atoms with E-state index in [9.17, 15) is 8.42 Å². The van der Waals surface area contributed by atoms with Crippen molar-refractivity contribution >= 4 is 20.8 Å². The molecule has 0 fully saturated rings. The average molecular weight is 239 g/mol. The molecule has 0 spiro atoms. The minimum atomic E-state index is -3.28. The Morgan fingerprint density at radius 2 is 2.00 bits per heavy atom. The molecule has 4 nitrogen and oxygen atoms in total. The van der Waals surface area contributed by atoms with Gasteiger partial charge in [-0.25, -0.2) is 8.42 Å². The van der Waals surface area contributed by atoms with E-state index in [-0.39, 0.29) is 10.6 Å².